The van der Waals surface area contributed by atoms with Crippen molar-refractivity contribution in [3.05, 3.63) is 131 Å². The van der Waals surface area contributed by atoms with E-state index in [1.807, 2.05) is 42.5 Å². The Balaban J connectivity index is 0.000000128. The highest BCUT2D eigenvalue weighted by molar-refractivity contribution is 6.67. The molecule has 3 N–H and O–H groups in total. The van der Waals surface area contributed by atoms with Crippen molar-refractivity contribution in [3.63, 3.8) is 0 Å². The van der Waals surface area contributed by atoms with E-state index in [0.29, 0.717) is 5.56 Å². The summed E-state index contributed by atoms with van der Waals surface area (Å²) < 4.78 is 0. The summed E-state index contributed by atoms with van der Waals surface area (Å²) in [5.74, 6) is 9.80. The van der Waals surface area contributed by atoms with Crippen LogP contribution < -0.4 is 11.1 Å². The van der Waals surface area contributed by atoms with Crippen LogP contribution in [0.5, 0.6) is 0 Å². The Hall–Kier alpha value is -3.89. The topological polar surface area (TPSA) is 72.2 Å². The first-order valence-corrected chi connectivity index (χ1v) is 20.8. The van der Waals surface area contributed by atoms with E-state index in [4.69, 9.17) is 17.3 Å². The molecule has 4 nitrogen and oxygen atoms in total. The van der Waals surface area contributed by atoms with Crippen LogP contribution in [0, 0.1) is 59.2 Å². The van der Waals surface area contributed by atoms with Gasteiger partial charge in [-0.25, -0.2) is 0 Å². The minimum atomic E-state index is -0.407. The second-order valence-electron chi connectivity index (χ2n) is 17.4. The van der Waals surface area contributed by atoms with Crippen molar-refractivity contribution in [1.82, 2.24) is 0 Å². The fourth-order valence-electron chi connectivity index (χ4n) is 12.1. The first-order valence-electron chi connectivity index (χ1n) is 20.4. The van der Waals surface area contributed by atoms with Crippen LogP contribution in [0.3, 0.4) is 0 Å². The van der Waals surface area contributed by atoms with Gasteiger partial charge in [0, 0.05) is 22.5 Å². The second kappa shape index (κ2) is 16.2. The number of nitrogens with two attached hydrogens (primary N) is 1. The van der Waals surface area contributed by atoms with E-state index in [2.05, 4.69) is 47.8 Å². The molecule has 12 rings (SSSR count). The van der Waals surface area contributed by atoms with Gasteiger partial charge < -0.3 is 11.1 Å². The normalized spacial score (nSPS) is 31.1. The predicted octanol–water partition coefficient (Wildman–Crippen LogP) is 11.5. The first kappa shape index (κ1) is 36.1. The van der Waals surface area contributed by atoms with Crippen LogP contribution in [0.1, 0.15) is 96.1 Å². The third kappa shape index (κ3) is 8.44. The van der Waals surface area contributed by atoms with Gasteiger partial charge in [-0.15, -0.1) is 0 Å². The molecule has 5 heteroatoms. The quantitative estimate of drug-likeness (QED) is 0.147. The van der Waals surface area contributed by atoms with E-state index in [0.717, 1.165) is 82.5 Å². The Labute approximate surface area is 321 Å². The lowest BCUT2D eigenvalue weighted by Crippen LogP contribution is -2.45. The number of carbonyl (C=O) groups excluding carboxylic acids is 2. The van der Waals surface area contributed by atoms with E-state index in [-0.39, 0.29) is 5.91 Å². The van der Waals surface area contributed by atoms with E-state index >= 15 is 0 Å². The Morgan fingerprint density at radius 1 is 0.509 bits per heavy atom. The van der Waals surface area contributed by atoms with Crippen molar-refractivity contribution in [2.45, 2.75) is 77.0 Å². The summed E-state index contributed by atoms with van der Waals surface area (Å²) in [6.45, 7) is 0. The number of nitrogen functional groups attached to an aromatic ring is 1. The molecule has 4 aromatic carbocycles. The molecule has 0 spiro atoms. The van der Waals surface area contributed by atoms with Gasteiger partial charge in [-0.1, -0.05) is 84.9 Å². The molecule has 8 saturated carbocycles. The lowest BCUT2D eigenvalue weighted by atomic mass is 9.51. The zero-order valence-electron chi connectivity index (χ0n) is 30.9. The van der Waals surface area contributed by atoms with Gasteiger partial charge in [0.25, 0.3) is 11.1 Å². The highest BCUT2D eigenvalue weighted by Gasteiger charge is 2.49. The standard InChI is InChI=1S/C24H27NO.C17H23N.C7H5ClO/c26-24(18-6-2-1-3-7-18)25-23-9-5-4-8-19(23)15-22-20-11-16-10-17(13-20)14-21(22)12-16;18-17-4-2-1-3-13(17)10-16-14-6-11-5-12(8-14)9-15(16)7-11;8-7(9)6-4-2-1-3-5-6/h1-9,16-17,20-22H,10-15H2,(H,25,26);1-4,11-12,14-16H,5-10,18H2;1-5H. The minimum Gasteiger partial charge on any atom is -0.399 e. The smallest absolute Gasteiger partial charge is 0.255 e. The molecule has 4 aromatic rings. The van der Waals surface area contributed by atoms with Gasteiger partial charge in [-0.2, -0.15) is 0 Å². The summed E-state index contributed by atoms with van der Waals surface area (Å²) in [4.78, 5) is 23.0. The van der Waals surface area contributed by atoms with E-state index in [1.165, 1.54) is 75.3 Å². The monoisotopic (exact) mass is 726 g/mol. The van der Waals surface area contributed by atoms with Crippen molar-refractivity contribution in [1.29, 1.82) is 0 Å². The highest BCUT2D eigenvalue weighted by atomic mass is 35.5. The molecule has 0 radical (unpaired) electrons. The Bertz CT molecular complexity index is 1800. The maximum atomic E-state index is 12.6. The van der Waals surface area contributed by atoms with Crippen molar-refractivity contribution in [2.24, 2.45) is 59.2 Å². The molecule has 8 aliphatic carbocycles. The third-order valence-corrected chi connectivity index (χ3v) is 14.3. The fraction of sp³-hybridized carbons (Fsp3) is 0.458. The molecule has 8 fully saturated rings. The molecule has 276 valence electrons. The molecule has 0 unspecified atom stereocenters. The molecule has 0 heterocycles. The molecule has 1 amide bonds. The van der Waals surface area contributed by atoms with Crippen molar-refractivity contribution in [3.8, 4) is 0 Å². The zero-order valence-corrected chi connectivity index (χ0v) is 31.7. The van der Waals surface area contributed by atoms with Crippen LogP contribution in [-0.2, 0) is 12.8 Å². The summed E-state index contributed by atoms with van der Waals surface area (Å²) in [6.07, 6.45) is 17.3. The summed E-state index contributed by atoms with van der Waals surface area (Å²) in [7, 11) is 0. The summed E-state index contributed by atoms with van der Waals surface area (Å²) in [5, 5.41) is 2.75. The molecule has 8 bridgehead atoms. The number of carbonyl (C=O) groups is 2. The van der Waals surface area contributed by atoms with E-state index in [9.17, 15) is 9.59 Å². The zero-order chi connectivity index (χ0) is 36.3. The number of para-hydroxylation sites is 2. The molecule has 8 aliphatic rings. The number of benzene rings is 4. The molecular formula is C48H55ClN2O2. The fourth-order valence-corrected chi connectivity index (χ4v) is 12.3. The lowest BCUT2D eigenvalue weighted by Gasteiger charge is -2.54. The van der Waals surface area contributed by atoms with Gasteiger partial charge in [0.1, 0.15) is 0 Å². The van der Waals surface area contributed by atoms with Gasteiger partial charge in [-0.3, -0.25) is 9.59 Å². The number of hydrogen-bond acceptors (Lipinski definition) is 3. The largest absolute Gasteiger partial charge is 0.399 e. The first-order chi connectivity index (χ1) is 25.9. The minimum absolute atomic E-state index is 0.0110. The van der Waals surface area contributed by atoms with Crippen LogP contribution >= 0.6 is 11.6 Å². The number of hydrogen-bond donors (Lipinski definition) is 2. The predicted molar refractivity (Wildman–Crippen MR) is 217 cm³/mol. The summed E-state index contributed by atoms with van der Waals surface area (Å²) in [6, 6.07) is 35.2. The van der Waals surface area contributed by atoms with Gasteiger partial charge >= 0.3 is 0 Å². The van der Waals surface area contributed by atoms with E-state index in [1.54, 1.807) is 30.7 Å². The number of halogens is 1. The molecule has 0 atom stereocenters. The lowest BCUT2D eigenvalue weighted by molar-refractivity contribution is -0.0359. The Kier molecular flexibility index (Phi) is 11.1. The molecule has 0 saturated heterocycles. The molecule has 0 aliphatic heterocycles. The summed E-state index contributed by atoms with van der Waals surface area (Å²) in [5.41, 5.74) is 12.1. The second-order valence-corrected chi connectivity index (χ2v) is 17.8. The number of rotatable bonds is 7. The Morgan fingerprint density at radius 2 is 0.906 bits per heavy atom. The average Bonchev–Trinajstić information content (AvgIpc) is 3.16. The number of amides is 1. The van der Waals surface area contributed by atoms with Gasteiger partial charge in [0.05, 0.1) is 0 Å². The summed E-state index contributed by atoms with van der Waals surface area (Å²) >= 11 is 5.16. The number of anilines is 2. The third-order valence-electron chi connectivity index (χ3n) is 14.1. The maximum Gasteiger partial charge on any atom is 0.255 e. The maximum absolute atomic E-state index is 12.6. The molecule has 0 aromatic heterocycles. The van der Waals surface area contributed by atoms with E-state index < -0.39 is 5.24 Å². The van der Waals surface area contributed by atoms with Crippen molar-refractivity contribution < 1.29 is 9.59 Å². The van der Waals surface area contributed by atoms with Crippen LogP contribution in [-0.4, -0.2) is 11.1 Å². The van der Waals surface area contributed by atoms with Gasteiger partial charge in [-0.05, 0) is 183 Å². The van der Waals surface area contributed by atoms with Crippen molar-refractivity contribution >= 4 is 34.1 Å². The van der Waals surface area contributed by atoms with Gasteiger partial charge in [0.2, 0.25) is 0 Å². The van der Waals surface area contributed by atoms with Crippen LogP contribution in [0.4, 0.5) is 11.4 Å². The molecular weight excluding hydrogens is 672 g/mol. The van der Waals surface area contributed by atoms with Crippen LogP contribution in [0.15, 0.2) is 109 Å². The SMILES string of the molecule is Nc1ccccc1CC1C2CC3CC(C2)CC1C3.O=C(Cl)c1ccccc1.O=C(Nc1ccccc1CC1C2CC3CC(C2)CC1C3)c1ccccc1. The Morgan fingerprint density at radius 3 is 1.36 bits per heavy atom. The van der Waals surface area contributed by atoms with Gasteiger partial charge in [0.15, 0.2) is 0 Å². The van der Waals surface area contributed by atoms with Crippen LogP contribution in [0.25, 0.3) is 0 Å². The number of nitrogens with one attached hydrogen (secondary N) is 1. The molecule has 53 heavy (non-hydrogen) atoms. The highest BCUT2D eigenvalue weighted by Crippen LogP contribution is 2.58. The average molecular weight is 727 g/mol. The van der Waals surface area contributed by atoms with Crippen LogP contribution in [0.2, 0.25) is 0 Å². The van der Waals surface area contributed by atoms with Crippen molar-refractivity contribution in [2.75, 3.05) is 11.1 Å².